The molecule has 2 aliphatic rings. The Morgan fingerprint density at radius 3 is 2.36 bits per heavy atom. The summed E-state index contributed by atoms with van der Waals surface area (Å²) in [4.78, 5) is 27.1. The first-order valence-corrected chi connectivity index (χ1v) is 10.3. The van der Waals surface area contributed by atoms with Gasteiger partial charge in [0.05, 0.1) is 18.8 Å². The van der Waals surface area contributed by atoms with Gasteiger partial charge in [-0.3, -0.25) is 9.69 Å². The Bertz CT molecular complexity index is 672. The van der Waals surface area contributed by atoms with Crippen LogP contribution in [0.1, 0.15) is 53.6 Å². The summed E-state index contributed by atoms with van der Waals surface area (Å²) in [5.41, 5.74) is 2.50. The van der Waals surface area contributed by atoms with Crippen molar-refractivity contribution in [1.29, 1.82) is 0 Å². The molecular weight excluding hydrogens is 356 g/mol. The number of nitrogens with one attached hydrogen (secondary N) is 1. The average Bonchev–Trinajstić information content (AvgIpc) is 2.71. The molecule has 0 unspecified atom stereocenters. The van der Waals surface area contributed by atoms with Crippen LogP contribution < -0.4 is 5.32 Å². The van der Waals surface area contributed by atoms with Crippen LogP contribution in [0.25, 0.3) is 0 Å². The third kappa shape index (κ3) is 5.32. The van der Waals surface area contributed by atoms with E-state index in [4.69, 9.17) is 9.47 Å². The van der Waals surface area contributed by atoms with E-state index in [2.05, 4.69) is 10.2 Å². The number of carbonyl (C=O) groups excluding carboxylic acids is 2. The van der Waals surface area contributed by atoms with Gasteiger partial charge in [0.1, 0.15) is 0 Å². The van der Waals surface area contributed by atoms with Crippen molar-refractivity contribution in [3.8, 4) is 0 Å². The van der Waals surface area contributed by atoms with Gasteiger partial charge in [-0.15, -0.1) is 0 Å². The molecule has 6 nitrogen and oxygen atoms in total. The van der Waals surface area contributed by atoms with Gasteiger partial charge in [-0.05, 0) is 38.8 Å². The lowest BCUT2D eigenvalue weighted by molar-refractivity contribution is -0.125. The molecule has 1 aliphatic heterocycles. The lowest BCUT2D eigenvalue weighted by Crippen LogP contribution is -2.59. The molecule has 0 bridgehead atoms. The molecule has 0 spiro atoms. The standard InChI is InChI=1S/C22H32N2O4/c1-17-12-18(2)14-19(13-17)21(26)28-15-20(25)23-16-22(6-4-3-5-7-22)24-8-10-27-11-9-24/h12-14H,3-11,15-16H2,1-2H3,(H,23,25). The van der Waals surface area contributed by atoms with Gasteiger partial charge in [-0.1, -0.05) is 36.5 Å². The van der Waals surface area contributed by atoms with Gasteiger partial charge >= 0.3 is 5.97 Å². The van der Waals surface area contributed by atoms with E-state index < -0.39 is 5.97 Å². The summed E-state index contributed by atoms with van der Waals surface area (Å²) in [6.07, 6.45) is 5.82. The number of hydrogen-bond acceptors (Lipinski definition) is 5. The number of esters is 1. The minimum atomic E-state index is -0.456. The molecule has 0 radical (unpaired) electrons. The maximum atomic E-state index is 12.3. The van der Waals surface area contributed by atoms with E-state index in [0.29, 0.717) is 12.1 Å². The summed E-state index contributed by atoms with van der Waals surface area (Å²) in [6.45, 7) is 7.57. The van der Waals surface area contributed by atoms with Crippen molar-refractivity contribution in [2.24, 2.45) is 0 Å². The number of nitrogens with zero attached hydrogens (tertiary/aromatic N) is 1. The van der Waals surface area contributed by atoms with E-state index in [-0.39, 0.29) is 18.1 Å². The highest BCUT2D eigenvalue weighted by atomic mass is 16.5. The molecule has 1 saturated carbocycles. The molecule has 0 aromatic heterocycles. The Kier molecular flexibility index (Phi) is 7.08. The number of hydrogen-bond donors (Lipinski definition) is 1. The van der Waals surface area contributed by atoms with Crippen LogP contribution in [0.4, 0.5) is 0 Å². The number of ether oxygens (including phenoxy) is 2. The van der Waals surface area contributed by atoms with E-state index in [1.807, 2.05) is 19.9 Å². The Labute approximate surface area is 167 Å². The summed E-state index contributed by atoms with van der Waals surface area (Å²) in [7, 11) is 0. The van der Waals surface area contributed by atoms with E-state index >= 15 is 0 Å². The number of benzene rings is 1. The summed E-state index contributed by atoms with van der Waals surface area (Å²) in [5.74, 6) is -0.696. The van der Waals surface area contributed by atoms with Gasteiger partial charge < -0.3 is 14.8 Å². The number of aryl methyl sites for hydroxylation is 2. The van der Waals surface area contributed by atoms with Crippen LogP contribution in [0.3, 0.4) is 0 Å². The van der Waals surface area contributed by atoms with Gasteiger partial charge in [0.15, 0.2) is 6.61 Å². The van der Waals surface area contributed by atoms with Crippen molar-refractivity contribution in [3.05, 3.63) is 34.9 Å². The summed E-state index contributed by atoms with van der Waals surface area (Å²) >= 11 is 0. The second-order valence-corrected chi connectivity index (χ2v) is 8.11. The minimum Gasteiger partial charge on any atom is -0.452 e. The van der Waals surface area contributed by atoms with Gasteiger partial charge in [0.25, 0.3) is 5.91 Å². The highest BCUT2D eigenvalue weighted by Gasteiger charge is 2.38. The number of morpholine rings is 1. The third-order valence-corrected chi connectivity index (χ3v) is 5.87. The normalized spacial score (nSPS) is 19.8. The Balaban J connectivity index is 1.52. The molecule has 1 aliphatic carbocycles. The Morgan fingerprint density at radius 1 is 1.07 bits per heavy atom. The highest BCUT2D eigenvalue weighted by Crippen LogP contribution is 2.33. The van der Waals surface area contributed by atoms with E-state index in [0.717, 1.165) is 50.3 Å². The molecule has 3 rings (SSSR count). The third-order valence-electron chi connectivity index (χ3n) is 5.87. The molecule has 28 heavy (non-hydrogen) atoms. The van der Waals surface area contributed by atoms with E-state index in [9.17, 15) is 9.59 Å². The summed E-state index contributed by atoms with van der Waals surface area (Å²) < 4.78 is 10.7. The zero-order chi connectivity index (χ0) is 20.0. The van der Waals surface area contributed by atoms with Gasteiger partial charge in [0.2, 0.25) is 0 Å². The number of rotatable bonds is 6. The Morgan fingerprint density at radius 2 is 1.71 bits per heavy atom. The molecule has 154 valence electrons. The molecular formula is C22H32N2O4. The zero-order valence-corrected chi connectivity index (χ0v) is 17.1. The lowest BCUT2D eigenvalue weighted by Gasteiger charge is -2.48. The first-order chi connectivity index (χ1) is 13.5. The summed E-state index contributed by atoms with van der Waals surface area (Å²) in [5, 5.41) is 3.02. The van der Waals surface area contributed by atoms with Crippen LogP contribution in [0.5, 0.6) is 0 Å². The first kappa shape index (κ1) is 20.8. The quantitative estimate of drug-likeness (QED) is 0.759. The summed E-state index contributed by atoms with van der Waals surface area (Å²) in [6, 6.07) is 5.56. The molecule has 0 atom stereocenters. The molecule has 6 heteroatoms. The Hall–Kier alpha value is -1.92. The van der Waals surface area contributed by atoms with Crippen molar-refractivity contribution in [2.75, 3.05) is 39.5 Å². The predicted octanol–water partition coefficient (Wildman–Crippen LogP) is 2.61. The first-order valence-electron chi connectivity index (χ1n) is 10.3. The lowest BCUT2D eigenvalue weighted by atomic mass is 9.79. The van der Waals surface area contributed by atoms with E-state index in [1.165, 1.54) is 19.3 Å². The molecule has 1 aromatic rings. The van der Waals surface area contributed by atoms with E-state index in [1.54, 1.807) is 12.1 Å². The van der Waals surface area contributed by atoms with Crippen molar-refractivity contribution in [1.82, 2.24) is 10.2 Å². The minimum absolute atomic E-state index is 0.00928. The fourth-order valence-corrected chi connectivity index (χ4v) is 4.47. The fourth-order valence-electron chi connectivity index (χ4n) is 4.47. The highest BCUT2D eigenvalue weighted by molar-refractivity contribution is 5.91. The van der Waals surface area contributed by atoms with Crippen LogP contribution in [-0.4, -0.2) is 61.8 Å². The van der Waals surface area contributed by atoms with Crippen LogP contribution >= 0.6 is 0 Å². The van der Waals surface area contributed by atoms with Crippen LogP contribution in [0.2, 0.25) is 0 Å². The largest absolute Gasteiger partial charge is 0.452 e. The number of amides is 1. The molecule has 1 amide bonds. The maximum Gasteiger partial charge on any atom is 0.338 e. The van der Waals surface area contributed by atoms with Crippen LogP contribution in [0.15, 0.2) is 18.2 Å². The van der Waals surface area contributed by atoms with Gasteiger partial charge in [-0.25, -0.2) is 4.79 Å². The second kappa shape index (κ2) is 9.52. The maximum absolute atomic E-state index is 12.3. The average molecular weight is 389 g/mol. The molecule has 1 heterocycles. The van der Waals surface area contributed by atoms with Gasteiger partial charge in [0, 0.05) is 25.2 Å². The SMILES string of the molecule is Cc1cc(C)cc(C(=O)OCC(=O)NCC2(N3CCOCC3)CCCCC2)c1. The van der Waals surface area contributed by atoms with Crippen LogP contribution in [-0.2, 0) is 14.3 Å². The predicted molar refractivity (Wildman–Crippen MR) is 107 cm³/mol. The van der Waals surface area contributed by atoms with Gasteiger partial charge in [-0.2, -0.15) is 0 Å². The van der Waals surface area contributed by atoms with Crippen molar-refractivity contribution in [3.63, 3.8) is 0 Å². The number of carbonyl (C=O) groups is 2. The molecule has 1 N–H and O–H groups in total. The smallest absolute Gasteiger partial charge is 0.338 e. The zero-order valence-electron chi connectivity index (χ0n) is 17.1. The monoisotopic (exact) mass is 388 g/mol. The molecule has 1 saturated heterocycles. The molecule has 2 fully saturated rings. The van der Waals surface area contributed by atoms with Crippen LogP contribution in [0, 0.1) is 13.8 Å². The van der Waals surface area contributed by atoms with Crippen molar-refractivity contribution >= 4 is 11.9 Å². The molecule has 1 aromatic carbocycles. The fraction of sp³-hybridized carbons (Fsp3) is 0.636. The topological polar surface area (TPSA) is 67.9 Å². The second-order valence-electron chi connectivity index (χ2n) is 8.11. The van der Waals surface area contributed by atoms with Crippen molar-refractivity contribution < 1.29 is 19.1 Å². The van der Waals surface area contributed by atoms with Crippen molar-refractivity contribution in [2.45, 2.75) is 51.5 Å².